The number of nitrogens with two attached hydrogens (primary N) is 1. The number of nitrogens with one attached hydrogen (secondary N) is 1. The minimum atomic E-state index is -0.916. The van der Waals surface area contributed by atoms with Crippen LogP contribution in [0.5, 0.6) is 0 Å². The molecule has 98 valence electrons. The molecule has 0 atom stereocenters. The fourth-order valence-electron chi connectivity index (χ4n) is 1.82. The number of para-hydroxylation sites is 1. The lowest BCUT2D eigenvalue weighted by molar-refractivity contribution is -0.124. The van der Waals surface area contributed by atoms with Crippen molar-refractivity contribution in [1.29, 1.82) is 0 Å². The molecular formula is C12H14Cl2N2O2. The van der Waals surface area contributed by atoms with Gasteiger partial charge in [0, 0.05) is 13.2 Å². The Hall–Kier alpha value is -0.810. The predicted molar refractivity (Wildman–Crippen MR) is 72.1 cm³/mol. The summed E-state index contributed by atoms with van der Waals surface area (Å²) in [6.45, 7) is 0.973. The van der Waals surface area contributed by atoms with Crippen molar-refractivity contribution in [2.75, 3.05) is 18.5 Å². The third-order valence-electron chi connectivity index (χ3n) is 3.04. The van der Waals surface area contributed by atoms with Crippen molar-refractivity contribution < 1.29 is 9.53 Å². The molecule has 1 amide bonds. The van der Waals surface area contributed by atoms with Crippen LogP contribution in [0.4, 0.5) is 5.69 Å². The van der Waals surface area contributed by atoms with Crippen molar-refractivity contribution in [2.45, 2.75) is 18.4 Å². The lowest BCUT2D eigenvalue weighted by Crippen LogP contribution is -2.54. The zero-order valence-electron chi connectivity index (χ0n) is 9.71. The summed E-state index contributed by atoms with van der Waals surface area (Å²) >= 11 is 12.0. The third-order valence-corrected chi connectivity index (χ3v) is 3.67. The number of anilines is 1. The third kappa shape index (κ3) is 2.78. The molecule has 1 aromatic rings. The number of hydrogen-bond donors (Lipinski definition) is 2. The van der Waals surface area contributed by atoms with Gasteiger partial charge >= 0.3 is 0 Å². The summed E-state index contributed by atoms with van der Waals surface area (Å²) in [5, 5.41) is 3.50. The molecule has 0 bridgehead atoms. The molecule has 1 aliphatic rings. The summed E-state index contributed by atoms with van der Waals surface area (Å²) < 4.78 is 5.20. The van der Waals surface area contributed by atoms with Crippen LogP contribution >= 0.6 is 23.2 Å². The van der Waals surface area contributed by atoms with Crippen molar-refractivity contribution in [2.24, 2.45) is 5.73 Å². The summed E-state index contributed by atoms with van der Waals surface area (Å²) in [6.07, 6.45) is 0.974. The SMILES string of the molecule is NC1(C(=O)Nc2c(Cl)cccc2Cl)CCOCC1. The van der Waals surface area contributed by atoms with Gasteiger partial charge in [-0.15, -0.1) is 0 Å². The van der Waals surface area contributed by atoms with E-state index in [2.05, 4.69) is 5.32 Å². The molecule has 1 aromatic carbocycles. The summed E-state index contributed by atoms with van der Waals surface area (Å²) in [4.78, 5) is 12.2. The van der Waals surface area contributed by atoms with E-state index in [0.29, 0.717) is 41.8 Å². The van der Waals surface area contributed by atoms with E-state index in [1.54, 1.807) is 18.2 Å². The number of benzene rings is 1. The molecule has 1 aliphatic heterocycles. The topological polar surface area (TPSA) is 64.4 Å². The second-order valence-corrected chi connectivity index (χ2v) is 5.13. The quantitative estimate of drug-likeness (QED) is 0.879. The normalized spacial score (nSPS) is 18.4. The maximum absolute atomic E-state index is 12.2. The highest BCUT2D eigenvalue weighted by molar-refractivity contribution is 6.39. The Labute approximate surface area is 115 Å². The average Bonchev–Trinajstić information content (AvgIpc) is 2.34. The van der Waals surface area contributed by atoms with Crippen LogP contribution in [-0.2, 0) is 9.53 Å². The first-order valence-electron chi connectivity index (χ1n) is 5.65. The monoisotopic (exact) mass is 288 g/mol. The number of amides is 1. The number of carbonyl (C=O) groups excluding carboxylic acids is 1. The molecule has 0 saturated carbocycles. The maximum Gasteiger partial charge on any atom is 0.244 e. The van der Waals surface area contributed by atoms with Crippen molar-refractivity contribution in [3.8, 4) is 0 Å². The lowest BCUT2D eigenvalue weighted by Gasteiger charge is -2.32. The zero-order chi connectivity index (χ0) is 13.2. The minimum Gasteiger partial charge on any atom is -0.381 e. The van der Waals surface area contributed by atoms with Gasteiger partial charge in [-0.25, -0.2) is 0 Å². The second kappa shape index (κ2) is 5.45. The molecule has 3 N–H and O–H groups in total. The number of carbonyl (C=O) groups is 1. The largest absolute Gasteiger partial charge is 0.381 e. The predicted octanol–water partition coefficient (Wildman–Crippen LogP) is 2.44. The average molecular weight is 289 g/mol. The van der Waals surface area contributed by atoms with Gasteiger partial charge in [0.05, 0.1) is 15.7 Å². The van der Waals surface area contributed by atoms with Crippen LogP contribution in [0.25, 0.3) is 0 Å². The summed E-state index contributed by atoms with van der Waals surface area (Å²) in [6, 6.07) is 5.04. The smallest absolute Gasteiger partial charge is 0.244 e. The van der Waals surface area contributed by atoms with Crippen LogP contribution in [0.1, 0.15) is 12.8 Å². The molecule has 18 heavy (non-hydrogen) atoms. The van der Waals surface area contributed by atoms with Gasteiger partial charge in [0.15, 0.2) is 0 Å². The van der Waals surface area contributed by atoms with E-state index in [1.165, 1.54) is 0 Å². The number of rotatable bonds is 2. The Bertz CT molecular complexity index is 439. The summed E-state index contributed by atoms with van der Waals surface area (Å²) in [5.74, 6) is -0.277. The van der Waals surface area contributed by atoms with Crippen LogP contribution in [0.3, 0.4) is 0 Å². The van der Waals surface area contributed by atoms with Crippen LogP contribution < -0.4 is 11.1 Å². The first kappa shape index (κ1) is 13.6. The van der Waals surface area contributed by atoms with Crippen LogP contribution in [0.2, 0.25) is 10.0 Å². The van der Waals surface area contributed by atoms with Gasteiger partial charge < -0.3 is 15.8 Å². The van der Waals surface area contributed by atoms with Gasteiger partial charge in [0.2, 0.25) is 5.91 Å². The molecule has 0 aromatic heterocycles. The Morgan fingerprint density at radius 2 is 1.83 bits per heavy atom. The fraction of sp³-hybridized carbons (Fsp3) is 0.417. The molecule has 0 spiro atoms. The Morgan fingerprint density at radius 1 is 1.28 bits per heavy atom. The van der Waals surface area contributed by atoms with Crippen molar-refractivity contribution in [3.63, 3.8) is 0 Å². The van der Waals surface area contributed by atoms with E-state index in [-0.39, 0.29) is 5.91 Å². The number of hydrogen-bond acceptors (Lipinski definition) is 3. The van der Waals surface area contributed by atoms with Crippen molar-refractivity contribution in [3.05, 3.63) is 28.2 Å². The molecule has 1 heterocycles. The first-order valence-corrected chi connectivity index (χ1v) is 6.41. The Kier molecular flexibility index (Phi) is 4.12. The standard InChI is InChI=1S/C12H14Cl2N2O2/c13-8-2-1-3-9(14)10(8)16-11(17)12(15)4-6-18-7-5-12/h1-3H,4-7,15H2,(H,16,17). The molecule has 0 radical (unpaired) electrons. The molecule has 1 saturated heterocycles. The first-order chi connectivity index (χ1) is 8.53. The van der Waals surface area contributed by atoms with E-state index in [0.717, 1.165) is 0 Å². The molecule has 1 fully saturated rings. The van der Waals surface area contributed by atoms with Crippen LogP contribution in [-0.4, -0.2) is 24.7 Å². The van der Waals surface area contributed by atoms with Gasteiger partial charge in [-0.3, -0.25) is 4.79 Å². The van der Waals surface area contributed by atoms with Crippen LogP contribution in [0.15, 0.2) is 18.2 Å². The van der Waals surface area contributed by atoms with E-state index >= 15 is 0 Å². The van der Waals surface area contributed by atoms with E-state index in [1.807, 2.05) is 0 Å². The summed E-state index contributed by atoms with van der Waals surface area (Å²) in [5.41, 5.74) is 5.56. The lowest BCUT2D eigenvalue weighted by atomic mass is 9.90. The second-order valence-electron chi connectivity index (χ2n) is 4.32. The molecule has 6 heteroatoms. The van der Waals surface area contributed by atoms with Gasteiger partial charge in [0.25, 0.3) is 0 Å². The summed E-state index contributed by atoms with van der Waals surface area (Å²) in [7, 11) is 0. The highest BCUT2D eigenvalue weighted by Crippen LogP contribution is 2.31. The maximum atomic E-state index is 12.2. The van der Waals surface area contributed by atoms with E-state index < -0.39 is 5.54 Å². The molecule has 0 aliphatic carbocycles. The fourth-order valence-corrected chi connectivity index (χ4v) is 2.31. The number of ether oxygens (including phenoxy) is 1. The van der Waals surface area contributed by atoms with E-state index in [4.69, 9.17) is 33.7 Å². The molecule has 2 rings (SSSR count). The highest BCUT2D eigenvalue weighted by Gasteiger charge is 2.36. The van der Waals surface area contributed by atoms with E-state index in [9.17, 15) is 4.79 Å². The highest BCUT2D eigenvalue weighted by atomic mass is 35.5. The zero-order valence-corrected chi connectivity index (χ0v) is 11.2. The Morgan fingerprint density at radius 3 is 2.39 bits per heavy atom. The molecular weight excluding hydrogens is 275 g/mol. The van der Waals surface area contributed by atoms with Gasteiger partial charge in [-0.2, -0.15) is 0 Å². The van der Waals surface area contributed by atoms with Gasteiger partial charge in [0.1, 0.15) is 5.54 Å². The minimum absolute atomic E-state index is 0.277. The molecule has 0 unspecified atom stereocenters. The van der Waals surface area contributed by atoms with Gasteiger partial charge in [-0.05, 0) is 25.0 Å². The molecule has 4 nitrogen and oxygen atoms in total. The van der Waals surface area contributed by atoms with Gasteiger partial charge in [-0.1, -0.05) is 29.3 Å². The van der Waals surface area contributed by atoms with Crippen LogP contribution in [0, 0.1) is 0 Å². The number of halogens is 2. The van der Waals surface area contributed by atoms with Crippen molar-refractivity contribution in [1.82, 2.24) is 0 Å². The van der Waals surface area contributed by atoms with Crippen molar-refractivity contribution >= 4 is 34.8 Å². The Balaban J connectivity index is 2.16.